The Bertz CT molecular complexity index is 1380. The Balaban J connectivity index is 1.66. The number of fused-ring (bicyclic) bond motifs is 2. The van der Waals surface area contributed by atoms with Gasteiger partial charge in [0.2, 0.25) is 11.8 Å². The Kier molecular flexibility index (Phi) is 3.68. The first kappa shape index (κ1) is 16.8. The zero-order valence-electron chi connectivity index (χ0n) is 14.2. The average molecular weight is 411 g/mol. The number of nitrogens with zero attached hydrogens (tertiary/aromatic N) is 1. The van der Waals surface area contributed by atoms with Crippen molar-refractivity contribution in [3.8, 4) is 17.3 Å². The van der Waals surface area contributed by atoms with Crippen molar-refractivity contribution >= 4 is 48.4 Å². The fourth-order valence-electron chi connectivity index (χ4n) is 3.05. The van der Waals surface area contributed by atoms with Crippen LogP contribution in [0.3, 0.4) is 0 Å². The first-order valence-corrected chi connectivity index (χ1v) is 10.6. The van der Waals surface area contributed by atoms with E-state index in [1.807, 2.05) is 12.1 Å². The summed E-state index contributed by atoms with van der Waals surface area (Å²) in [5.41, 5.74) is 2.12. The predicted octanol–water partition coefficient (Wildman–Crippen LogP) is 4.54. The van der Waals surface area contributed by atoms with Crippen molar-refractivity contribution in [1.82, 2.24) is 9.97 Å². The van der Waals surface area contributed by atoms with Crippen LogP contribution in [0.4, 0.5) is 5.00 Å². The van der Waals surface area contributed by atoms with Gasteiger partial charge in [0.05, 0.1) is 4.90 Å². The van der Waals surface area contributed by atoms with Crippen LogP contribution >= 0.6 is 11.3 Å². The minimum Gasteiger partial charge on any atom is -0.494 e. The van der Waals surface area contributed by atoms with Gasteiger partial charge in [0.25, 0.3) is 10.0 Å². The lowest BCUT2D eigenvalue weighted by Gasteiger charge is -2.06. The van der Waals surface area contributed by atoms with Gasteiger partial charge in [-0.3, -0.25) is 4.72 Å². The van der Waals surface area contributed by atoms with Gasteiger partial charge < -0.3 is 14.5 Å². The van der Waals surface area contributed by atoms with Gasteiger partial charge in [0.1, 0.15) is 16.1 Å². The number of para-hydroxylation sites is 2. The van der Waals surface area contributed by atoms with E-state index in [2.05, 4.69) is 14.7 Å². The maximum atomic E-state index is 12.7. The van der Waals surface area contributed by atoms with Gasteiger partial charge >= 0.3 is 0 Å². The molecule has 0 bridgehead atoms. The molecule has 0 aliphatic rings. The number of aromatic nitrogens is 2. The van der Waals surface area contributed by atoms with Crippen LogP contribution in [0, 0.1) is 0 Å². The molecule has 0 saturated carbocycles. The topological polar surface area (TPSA) is 108 Å². The number of thiophene rings is 1. The minimum atomic E-state index is -3.78. The molecule has 2 aromatic carbocycles. The molecule has 140 valence electrons. The summed E-state index contributed by atoms with van der Waals surface area (Å²) >= 11 is 1.29. The molecule has 9 heteroatoms. The van der Waals surface area contributed by atoms with E-state index >= 15 is 0 Å². The lowest BCUT2D eigenvalue weighted by Crippen LogP contribution is -2.11. The summed E-state index contributed by atoms with van der Waals surface area (Å²) in [4.78, 5) is 7.32. The Morgan fingerprint density at radius 1 is 1.11 bits per heavy atom. The number of H-pyrrole nitrogens is 1. The number of rotatable bonds is 4. The predicted molar refractivity (Wildman–Crippen MR) is 108 cm³/mol. The lowest BCUT2D eigenvalue weighted by atomic mass is 10.1. The standard InChI is InChI=1S/C19H13N3O4S2/c23-18-17(19-21-14-4-1-2-5-15(14)26-19)12-10-11(7-8-13(12)20-18)28(24,25)22-16-6-3-9-27-16/h1-10,20,22-23H. The molecule has 0 aliphatic heterocycles. The van der Waals surface area contributed by atoms with Gasteiger partial charge in [0, 0.05) is 10.9 Å². The summed E-state index contributed by atoms with van der Waals surface area (Å²) < 4.78 is 33.7. The Hall–Kier alpha value is -3.30. The molecule has 7 nitrogen and oxygen atoms in total. The zero-order chi connectivity index (χ0) is 19.3. The Labute approximate surface area is 163 Å². The van der Waals surface area contributed by atoms with E-state index in [0.29, 0.717) is 32.6 Å². The van der Waals surface area contributed by atoms with Crippen LogP contribution in [-0.2, 0) is 10.0 Å². The number of hydrogen-bond acceptors (Lipinski definition) is 6. The minimum absolute atomic E-state index is 0.0739. The van der Waals surface area contributed by atoms with Gasteiger partial charge in [-0.2, -0.15) is 0 Å². The van der Waals surface area contributed by atoms with Gasteiger partial charge in [-0.1, -0.05) is 12.1 Å². The Morgan fingerprint density at radius 3 is 2.75 bits per heavy atom. The van der Waals surface area contributed by atoms with Crippen LogP contribution in [0.2, 0.25) is 0 Å². The number of oxazole rings is 1. The molecule has 5 aromatic rings. The zero-order valence-corrected chi connectivity index (χ0v) is 15.8. The third kappa shape index (κ3) is 2.72. The first-order valence-electron chi connectivity index (χ1n) is 8.28. The highest BCUT2D eigenvalue weighted by Crippen LogP contribution is 2.38. The smallest absolute Gasteiger partial charge is 0.262 e. The Morgan fingerprint density at radius 2 is 1.96 bits per heavy atom. The normalized spacial score (nSPS) is 12.0. The van der Waals surface area contributed by atoms with E-state index in [1.54, 1.807) is 35.7 Å². The second-order valence-corrected chi connectivity index (χ2v) is 8.76. The largest absolute Gasteiger partial charge is 0.494 e. The highest BCUT2D eigenvalue weighted by molar-refractivity contribution is 7.93. The van der Waals surface area contributed by atoms with E-state index in [4.69, 9.17) is 4.42 Å². The van der Waals surface area contributed by atoms with E-state index < -0.39 is 10.0 Å². The van der Waals surface area contributed by atoms with Crippen molar-refractivity contribution in [2.75, 3.05) is 4.72 Å². The average Bonchev–Trinajstić information content (AvgIpc) is 3.37. The SMILES string of the molecule is O=S(=O)(Nc1cccs1)c1ccc2[nH]c(O)c(-c3nc4ccccc4o3)c2c1. The van der Waals surface area contributed by atoms with Crippen molar-refractivity contribution in [3.63, 3.8) is 0 Å². The summed E-state index contributed by atoms with van der Waals surface area (Å²) in [6.45, 7) is 0. The van der Waals surface area contributed by atoms with Crippen molar-refractivity contribution in [2.24, 2.45) is 0 Å². The molecule has 0 atom stereocenters. The van der Waals surface area contributed by atoms with Gasteiger partial charge in [0.15, 0.2) is 5.58 Å². The van der Waals surface area contributed by atoms with Crippen LogP contribution in [0.25, 0.3) is 33.5 Å². The number of anilines is 1. The van der Waals surface area contributed by atoms with Crippen molar-refractivity contribution in [1.29, 1.82) is 0 Å². The molecule has 28 heavy (non-hydrogen) atoms. The van der Waals surface area contributed by atoms with Gasteiger partial charge in [-0.15, -0.1) is 11.3 Å². The number of aromatic amines is 1. The fourth-order valence-corrected chi connectivity index (χ4v) is 5.00. The molecule has 0 aliphatic carbocycles. The third-order valence-electron chi connectivity index (χ3n) is 4.32. The molecule has 0 radical (unpaired) electrons. The van der Waals surface area contributed by atoms with Crippen molar-refractivity contribution in [3.05, 3.63) is 60.0 Å². The van der Waals surface area contributed by atoms with E-state index in [0.717, 1.165) is 0 Å². The van der Waals surface area contributed by atoms with Crippen molar-refractivity contribution in [2.45, 2.75) is 4.90 Å². The summed E-state index contributed by atoms with van der Waals surface area (Å²) in [7, 11) is -3.78. The molecule has 0 amide bonds. The summed E-state index contributed by atoms with van der Waals surface area (Å²) in [6, 6.07) is 15.3. The quantitative estimate of drug-likeness (QED) is 0.402. The highest BCUT2D eigenvalue weighted by Gasteiger charge is 2.22. The van der Waals surface area contributed by atoms with Crippen LogP contribution in [0.1, 0.15) is 0 Å². The molecule has 3 heterocycles. The third-order valence-corrected chi connectivity index (χ3v) is 6.60. The maximum absolute atomic E-state index is 12.7. The van der Waals surface area contributed by atoms with Crippen LogP contribution in [-0.4, -0.2) is 23.5 Å². The van der Waals surface area contributed by atoms with Crippen LogP contribution in [0.5, 0.6) is 5.88 Å². The molecule has 0 saturated heterocycles. The molecule has 5 rings (SSSR count). The van der Waals surface area contributed by atoms with E-state index in [1.165, 1.54) is 23.5 Å². The maximum Gasteiger partial charge on any atom is 0.262 e. The van der Waals surface area contributed by atoms with Gasteiger partial charge in [-0.05, 0) is 47.8 Å². The summed E-state index contributed by atoms with van der Waals surface area (Å²) in [5.74, 6) is 0.0769. The van der Waals surface area contributed by atoms with Crippen molar-refractivity contribution < 1.29 is 17.9 Å². The molecule has 3 N–H and O–H groups in total. The molecule has 3 aromatic heterocycles. The number of hydrogen-bond donors (Lipinski definition) is 3. The van der Waals surface area contributed by atoms with E-state index in [-0.39, 0.29) is 16.7 Å². The first-order chi connectivity index (χ1) is 13.5. The van der Waals surface area contributed by atoms with Gasteiger partial charge in [-0.25, -0.2) is 13.4 Å². The summed E-state index contributed by atoms with van der Waals surface area (Å²) in [6.07, 6.45) is 0. The molecular weight excluding hydrogens is 398 g/mol. The van der Waals surface area contributed by atoms with E-state index in [9.17, 15) is 13.5 Å². The van der Waals surface area contributed by atoms with Crippen LogP contribution in [0.15, 0.2) is 69.3 Å². The number of nitrogens with one attached hydrogen (secondary N) is 2. The number of sulfonamides is 1. The highest BCUT2D eigenvalue weighted by atomic mass is 32.2. The second-order valence-electron chi connectivity index (χ2n) is 6.13. The monoisotopic (exact) mass is 411 g/mol. The molecular formula is C19H13N3O4S2. The second kappa shape index (κ2) is 6.11. The molecule has 0 spiro atoms. The summed E-state index contributed by atoms with van der Waals surface area (Å²) in [5, 5.41) is 13.2. The number of aromatic hydroxyl groups is 1. The molecule has 0 unspecified atom stereocenters. The molecule has 0 fully saturated rings. The fraction of sp³-hybridized carbons (Fsp3) is 0. The number of benzene rings is 2. The lowest BCUT2D eigenvalue weighted by molar-refractivity contribution is 0.457. The van der Waals surface area contributed by atoms with Crippen LogP contribution < -0.4 is 4.72 Å².